The zero-order chi connectivity index (χ0) is 15.2. The summed E-state index contributed by atoms with van der Waals surface area (Å²) in [5.74, 6) is 0. The molecular weight excluding hydrogens is 331 g/mol. The molecule has 0 aliphatic heterocycles. The Bertz CT molecular complexity index is 454. The molecule has 2 rings (SSSR count). The molecule has 0 aromatic rings. The van der Waals surface area contributed by atoms with Gasteiger partial charge in [0.2, 0.25) is 0 Å². The van der Waals surface area contributed by atoms with Gasteiger partial charge in [0.15, 0.2) is 0 Å². The van der Waals surface area contributed by atoms with E-state index in [0.29, 0.717) is 0 Å². The fourth-order valence-electron chi connectivity index (χ4n) is 3.32. The summed E-state index contributed by atoms with van der Waals surface area (Å²) in [6.45, 7) is 9.29. The molecule has 0 unspecified atom stereocenters. The fourth-order valence-corrected chi connectivity index (χ4v) is 7.54. The zero-order valence-corrected chi connectivity index (χ0v) is 16.8. The average Bonchev–Trinajstić information content (AvgIpc) is 2.99. The molecule has 2 aliphatic rings. The summed E-state index contributed by atoms with van der Waals surface area (Å²) < 4.78 is 3.77. The van der Waals surface area contributed by atoms with Crippen molar-refractivity contribution in [3.8, 4) is 0 Å². The molecular formula is C20H30Zr. The van der Waals surface area contributed by atoms with Crippen LogP contribution in [0.5, 0.6) is 0 Å². The minimum atomic E-state index is -0.516. The van der Waals surface area contributed by atoms with Crippen LogP contribution in [0.25, 0.3) is 0 Å². The van der Waals surface area contributed by atoms with Gasteiger partial charge in [0.05, 0.1) is 0 Å². The molecule has 0 amide bonds. The zero-order valence-electron chi connectivity index (χ0n) is 14.3. The molecule has 0 aromatic carbocycles. The second-order valence-electron chi connectivity index (χ2n) is 6.43. The van der Waals surface area contributed by atoms with Crippen molar-refractivity contribution in [2.24, 2.45) is 0 Å². The standard InChI is InChI=1S/2C10H15.Zr/c2*1-3-4-7-10-8-5-6-9(10)2;/h2*6H,3-5,7H2,1-2H3;. The quantitative estimate of drug-likeness (QED) is 0.453. The van der Waals surface area contributed by atoms with Crippen molar-refractivity contribution >= 4 is 0 Å². The van der Waals surface area contributed by atoms with Crippen LogP contribution in [-0.4, -0.2) is 0 Å². The van der Waals surface area contributed by atoms with Crippen molar-refractivity contribution in [2.45, 2.75) is 79.1 Å². The molecule has 0 radical (unpaired) electrons. The molecule has 0 saturated carbocycles. The van der Waals surface area contributed by atoms with E-state index < -0.39 is 23.2 Å². The van der Waals surface area contributed by atoms with Gasteiger partial charge in [-0.3, -0.25) is 0 Å². The summed E-state index contributed by atoms with van der Waals surface area (Å²) in [5, 5.41) is 0. The second-order valence-corrected chi connectivity index (χ2v) is 10.0. The molecule has 2 aliphatic carbocycles. The molecule has 1 heteroatoms. The maximum atomic E-state index is 2.49. The van der Waals surface area contributed by atoms with Crippen molar-refractivity contribution in [2.75, 3.05) is 0 Å². The maximum absolute atomic E-state index is 2.49. The van der Waals surface area contributed by atoms with Crippen molar-refractivity contribution in [3.63, 3.8) is 0 Å². The van der Waals surface area contributed by atoms with Crippen molar-refractivity contribution < 1.29 is 23.2 Å². The van der Waals surface area contributed by atoms with Crippen LogP contribution in [-0.2, 0) is 23.2 Å². The molecule has 0 spiro atoms. The van der Waals surface area contributed by atoms with Gasteiger partial charge in [0, 0.05) is 0 Å². The molecule has 0 atom stereocenters. The summed E-state index contributed by atoms with van der Waals surface area (Å²) in [5.41, 5.74) is 6.71. The third-order valence-electron chi connectivity index (χ3n) is 4.77. The molecule has 0 nitrogen and oxygen atoms in total. The van der Waals surface area contributed by atoms with Crippen LogP contribution in [0.1, 0.15) is 79.1 Å². The summed E-state index contributed by atoms with van der Waals surface area (Å²) >= 11 is -0.516. The van der Waals surface area contributed by atoms with Crippen molar-refractivity contribution in [1.82, 2.24) is 0 Å². The topological polar surface area (TPSA) is 0 Å². The van der Waals surface area contributed by atoms with E-state index in [1.165, 1.54) is 51.4 Å². The van der Waals surface area contributed by atoms with E-state index in [2.05, 4.69) is 39.8 Å². The average molecular weight is 362 g/mol. The van der Waals surface area contributed by atoms with E-state index >= 15 is 0 Å². The predicted octanol–water partition coefficient (Wildman–Crippen LogP) is 6.66. The Labute approximate surface area is 143 Å². The van der Waals surface area contributed by atoms with Crippen LogP contribution in [0.3, 0.4) is 0 Å². The van der Waals surface area contributed by atoms with E-state index in [4.69, 9.17) is 0 Å². The van der Waals surface area contributed by atoms with Crippen LogP contribution in [0.4, 0.5) is 0 Å². The number of hydrogen-bond acceptors (Lipinski definition) is 0. The Morgan fingerprint density at radius 3 is 1.62 bits per heavy atom. The van der Waals surface area contributed by atoms with Gasteiger partial charge < -0.3 is 0 Å². The first kappa shape index (κ1) is 17.2. The molecule has 0 saturated heterocycles. The number of allylic oxidation sites excluding steroid dienone is 8. The van der Waals surface area contributed by atoms with Gasteiger partial charge in [0.25, 0.3) is 0 Å². The van der Waals surface area contributed by atoms with Crippen molar-refractivity contribution in [3.05, 3.63) is 41.0 Å². The first-order chi connectivity index (χ1) is 10.2. The van der Waals surface area contributed by atoms with Gasteiger partial charge in [-0.1, -0.05) is 0 Å². The molecule has 21 heavy (non-hydrogen) atoms. The van der Waals surface area contributed by atoms with E-state index in [1.807, 2.05) is 6.56 Å². The molecule has 0 bridgehead atoms. The van der Waals surface area contributed by atoms with E-state index in [-0.39, 0.29) is 0 Å². The van der Waals surface area contributed by atoms with Crippen LogP contribution < -0.4 is 0 Å². The van der Waals surface area contributed by atoms with Crippen LogP contribution in [0.2, 0.25) is 0 Å². The molecule has 0 fully saturated rings. The molecule has 114 valence electrons. The minimum absolute atomic E-state index is 0.516. The monoisotopic (exact) mass is 360 g/mol. The van der Waals surface area contributed by atoms with Crippen molar-refractivity contribution in [1.29, 1.82) is 0 Å². The van der Waals surface area contributed by atoms with Gasteiger partial charge >= 0.3 is 143 Å². The fraction of sp³-hybridized carbons (Fsp3) is 0.600. The van der Waals surface area contributed by atoms with Gasteiger partial charge in [-0.2, -0.15) is 0 Å². The summed E-state index contributed by atoms with van der Waals surface area (Å²) in [7, 11) is 0. The second kappa shape index (κ2) is 8.47. The SMILES string of the molecule is CCCCC1=[C]([Zr][C]2=C(CCCC)C(C)=CC2)CC=C1C. The first-order valence-corrected chi connectivity index (χ1v) is 11.2. The Morgan fingerprint density at radius 2 is 1.24 bits per heavy atom. The first-order valence-electron chi connectivity index (χ1n) is 8.72. The van der Waals surface area contributed by atoms with Crippen LogP contribution in [0.15, 0.2) is 41.0 Å². The van der Waals surface area contributed by atoms with Gasteiger partial charge in [-0.15, -0.1) is 0 Å². The van der Waals surface area contributed by atoms with Gasteiger partial charge in [-0.05, 0) is 0 Å². The third kappa shape index (κ3) is 4.41. The Kier molecular flexibility index (Phi) is 6.94. The normalized spacial score (nSPS) is 18.5. The summed E-state index contributed by atoms with van der Waals surface area (Å²) in [6, 6.07) is 0. The van der Waals surface area contributed by atoms with Gasteiger partial charge in [-0.25, -0.2) is 0 Å². The number of unbranched alkanes of at least 4 members (excludes halogenated alkanes) is 2. The van der Waals surface area contributed by atoms with Crippen LogP contribution in [0, 0.1) is 0 Å². The summed E-state index contributed by atoms with van der Waals surface area (Å²) in [4.78, 5) is 0. The number of hydrogen-bond donors (Lipinski definition) is 0. The van der Waals surface area contributed by atoms with E-state index in [1.54, 1.807) is 22.3 Å². The van der Waals surface area contributed by atoms with E-state index in [0.717, 1.165) is 0 Å². The summed E-state index contributed by atoms with van der Waals surface area (Å²) in [6.07, 6.45) is 15.6. The van der Waals surface area contributed by atoms with Crippen LogP contribution >= 0.6 is 0 Å². The van der Waals surface area contributed by atoms with Gasteiger partial charge in [0.1, 0.15) is 0 Å². The molecule has 0 aromatic heterocycles. The predicted molar refractivity (Wildman–Crippen MR) is 89.9 cm³/mol. The Balaban J connectivity index is 2.12. The number of rotatable bonds is 8. The Hall–Kier alpha value is -0.157. The molecule has 0 N–H and O–H groups in total. The Morgan fingerprint density at radius 1 is 0.810 bits per heavy atom. The third-order valence-corrected chi connectivity index (χ3v) is 8.74. The molecule has 0 heterocycles. The van der Waals surface area contributed by atoms with E-state index in [9.17, 15) is 0 Å².